The van der Waals surface area contributed by atoms with E-state index in [-0.39, 0.29) is 24.5 Å². The largest absolute Gasteiger partial charge is 0.484 e. The number of rotatable bonds is 7. The smallest absolute Gasteiger partial charge is 0.260 e. The fourth-order valence-corrected chi connectivity index (χ4v) is 2.66. The highest BCUT2D eigenvalue weighted by molar-refractivity contribution is 6.30. The number of benzene rings is 1. The van der Waals surface area contributed by atoms with Gasteiger partial charge in [0.1, 0.15) is 5.75 Å². The Hall–Kier alpha value is -1.79. The average Bonchev–Trinajstić information content (AvgIpc) is 2.60. The molecule has 0 aliphatic carbocycles. The van der Waals surface area contributed by atoms with Crippen molar-refractivity contribution in [3.8, 4) is 5.75 Å². The van der Waals surface area contributed by atoms with Crippen LogP contribution in [0.2, 0.25) is 5.02 Å². The first-order valence-electron chi connectivity index (χ1n) is 8.03. The molecule has 2 rings (SSSR count). The number of carbonyl (C=O) groups excluding carboxylic acids is 2. The Bertz CT molecular complexity index is 542. The van der Waals surface area contributed by atoms with Crippen molar-refractivity contribution in [2.75, 3.05) is 33.4 Å². The van der Waals surface area contributed by atoms with Crippen molar-refractivity contribution in [2.45, 2.75) is 25.3 Å². The number of hydrogen-bond acceptors (Lipinski definition) is 4. The number of carbonyl (C=O) groups is 2. The predicted molar refractivity (Wildman–Crippen MR) is 91.2 cm³/mol. The minimum absolute atomic E-state index is 0.00645. The molecule has 24 heavy (non-hydrogen) atoms. The molecule has 1 fully saturated rings. The van der Waals surface area contributed by atoms with Crippen molar-refractivity contribution >= 4 is 23.4 Å². The zero-order valence-electron chi connectivity index (χ0n) is 13.8. The second-order valence-electron chi connectivity index (χ2n) is 5.71. The SMILES string of the molecule is COCCC(=O)NC1CCN(C(=O)COc2ccc(Cl)cc2)CC1. The topological polar surface area (TPSA) is 67.9 Å². The van der Waals surface area contributed by atoms with Crippen LogP contribution in [0.25, 0.3) is 0 Å². The Morgan fingerprint density at radius 3 is 2.54 bits per heavy atom. The normalized spacial score (nSPS) is 15.2. The summed E-state index contributed by atoms with van der Waals surface area (Å²) < 4.78 is 10.4. The Kier molecular flexibility index (Phi) is 7.34. The van der Waals surface area contributed by atoms with Gasteiger partial charge in [0.2, 0.25) is 5.91 Å². The van der Waals surface area contributed by atoms with Crippen LogP contribution < -0.4 is 10.1 Å². The highest BCUT2D eigenvalue weighted by Gasteiger charge is 2.23. The molecule has 0 unspecified atom stereocenters. The van der Waals surface area contributed by atoms with Crippen LogP contribution in [0.1, 0.15) is 19.3 Å². The summed E-state index contributed by atoms with van der Waals surface area (Å²) in [6, 6.07) is 7.03. The molecule has 1 aliphatic rings. The van der Waals surface area contributed by atoms with Crippen molar-refractivity contribution in [2.24, 2.45) is 0 Å². The van der Waals surface area contributed by atoms with E-state index in [9.17, 15) is 9.59 Å². The van der Waals surface area contributed by atoms with Crippen LogP contribution >= 0.6 is 11.6 Å². The minimum Gasteiger partial charge on any atom is -0.484 e. The summed E-state index contributed by atoms with van der Waals surface area (Å²) in [6.07, 6.45) is 1.88. The van der Waals surface area contributed by atoms with Gasteiger partial charge in [0.15, 0.2) is 6.61 Å². The van der Waals surface area contributed by atoms with Crippen molar-refractivity contribution in [3.63, 3.8) is 0 Å². The van der Waals surface area contributed by atoms with E-state index in [1.165, 1.54) is 0 Å². The van der Waals surface area contributed by atoms with Gasteiger partial charge in [0, 0.05) is 37.7 Å². The van der Waals surface area contributed by atoms with E-state index in [0.29, 0.717) is 36.9 Å². The van der Waals surface area contributed by atoms with Crippen LogP contribution in [0.15, 0.2) is 24.3 Å². The summed E-state index contributed by atoms with van der Waals surface area (Å²) in [4.78, 5) is 25.6. The zero-order chi connectivity index (χ0) is 17.4. The summed E-state index contributed by atoms with van der Waals surface area (Å²) in [7, 11) is 1.57. The molecule has 0 radical (unpaired) electrons. The fraction of sp³-hybridized carbons (Fsp3) is 0.529. The Morgan fingerprint density at radius 1 is 1.25 bits per heavy atom. The molecule has 6 nitrogen and oxygen atoms in total. The van der Waals surface area contributed by atoms with E-state index in [1.54, 1.807) is 36.3 Å². The van der Waals surface area contributed by atoms with E-state index in [4.69, 9.17) is 21.1 Å². The van der Waals surface area contributed by atoms with E-state index in [0.717, 1.165) is 12.8 Å². The van der Waals surface area contributed by atoms with Crippen LogP contribution in [0.5, 0.6) is 5.75 Å². The first-order valence-corrected chi connectivity index (χ1v) is 8.40. The number of ether oxygens (including phenoxy) is 2. The van der Waals surface area contributed by atoms with Gasteiger partial charge in [-0.3, -0.25) is 9.59 Å². The molecule has 0 aromatic heterocycles. The van der Waals surface area contributed by atoms with E-state index in [2.05, 4.69) is 5.32 Å². The Balaban J connectivity index is 1.68. The summed E-state index contributed by atoms with van der Waals surface area (Å²) in [5.74, 6) is 0.565. The summed E-state index contributed by atoms with van der Waals surface area (Å²) >= 11 is 5.81. The molecule has 0 spiro atoms. The zero-order valence-corrected chi connectivity index (χ0v) is 14.6. The maximum atomic E-state index is 12.2. The minimum atomic E-state index is -0.0471. The van der Waals surface area contributed by atoms with Crippen LogP contribution in [-0.2, 0) is 14.3 Å². The number of halogens is 1. The molecule has 1 aliphatic heterocycles. The highest BCUT2D eigenvalue weighted by atomic mass is 35.5. The first kappa shape index (κ1) is 18.5. The van der Waals surface area contributed by atoms with Crippen LogP contribution in [0.3, 0.4) is 0 Å². The van der Waals surface area contributed by atoms with Crippen molar-refractivity contribution < 1.29 is 19.1 Å². The second-order valence-corrected chi connectivity index (χ2v) is 6.14. The van der Waals surface area contributed by atoms with Gasteiger partial charge >= 0.3 is 0 Å². The fourth-order valence-electron chi connectivity index (χ4n) is 2.54. The number of methoxy groups -OCH3 is 1. The highest BCUT2D eigenvalue weighted by Crippen LogP contribution is 2.16. The number of amides is 2. The van der Waals surface area contributed by atoms with Gasteiger partial charge in [-0.05, 0) is 37.1 Å². The molecule has 0 atom stereocenters. The number of hydrogen-bond donors (Lipinski definition) is 1. The number of piperidine rings is 1. The van der Waals surface area contributed by atoms with E-state index in [1.807, 2.05) is 0 Å². The third kappa shape index (κ3) is 6.02. The third-order valence-corrected chi connectivity index (χ3v) is 4.17. The molecule has 1 N–H and O–H groups in total. The van der Waals surface area contributed by atoms with Crippen molar-refractivity contribution in [1.29, 1.82) is 0 Å². The lowest BCUT2D eigenvalue weighted by Gasteiger charge is -2.32. The Labute approximate surface area is 147 Å². The molecule has 2 amide bonds. The molecule has 0 saturated carbocycles. The molecule has 1 saturated heterocycles. The monoisotopic (exact) mass is 354 g/mol. The van der Waals surface area contributed by atoms with Crippen molar-refractivity contribution in [1.82, 2.24) is 10.2 Å². The van der Waals surface area contributed by atoms with E-state index >= 15 is 0 Å². The quantitative estimate of drug-likeness (QED) is 0.811. The molecule has 1 heterocycles. The van der Waals surface area contributed by atoms with Crippen LogP contribution in [0.4, 0.5) is 0 Å². The number of nitrogens with one attached hydrogen (secondary N) is 1. The van der Waals surface area contributed by atoms with Gasteiger partial charge in [-0.15, -0.1) is 0 Å². The van der Waals surface area contributed by atoms with Gasteiger partial charge in [-0.2, -0.15) is 0 Å². The summed E-state index contributed by atoms with van der Waals surface area (Å²) in [5, 5.41) is 3.60. The lowest BCUT2D eigenvalue weighted by molar-refractivity contribution is -0.134. The summed E-state index contributed by atoms with van der Waals surface area (Å²) in [6.45, 7) is 1.67. The molecule has 1 aromatic rings. The van der Waals surface area contributed by atoms with Gasteiger partial charge in [-0.1, -0.05) is 11.6 Å². The molecular weight excluding hydrogens is 332 g/mol. The summed E-state index contributed by atoms with van der Waals surface area (Å²) in [5.41, 5.74) is 0. The third-order valence-electron chi connectivity index (χ3n) is 3.92. The molecule has 132 valence electrons. The van der Waals surface area contributed by atoms with Gasteiger partial charge in [0.05, 0.1) is 6.61 Å². The second kappa shape index (κ2) is 9.49. The first-order chi connectivity index (χ1) is 11.6. The standard InChI is InChI=1S/C17H23ClN2O4/c1-23-11-8-16(21)19-14-6-9-20(10-7-14)17(22)12-24-15-4-2-13(18)3-5-15/h2-5,14H,6-12H2,1H3,(H,19,21). The predicted octanol–water partition coefficient (Wildman–Crippen LogP) is 1.86. The lowest BCUT2D eigenvalue weighted by atomic mass is 10.0. The number of likely N-dealkylation sites (tertiary alicyclic amines) is 1. The van der Waals surface area contributed by atoms with E-state index < -0.39 is 0 Å². The Morgan fingerprint density at radius 2 is 1.92 bits per heavy atom. The average molecular weight is 355 g/mol. The molecule has 0 bridgehead atoms. The van der Waals surface area contributed by atoms with Crippen molar-refractivity contribution in [3.05, 3.63) is 29.3 Å². The van der Waals surface area contributed by atoms with Gasteiger partial charge in [-0.25, -0.2) is 0 Å². The lowest BCUT2D eigenvalue weighted by Crippen LogP contribution is -2.47. The molecular formula is C17H23ClN2O4. The van der Waals surface area contributed by atoms with Gasteiger partial charge < -0.3 is 19.7 Å². The van der Waals surface area contributed by atoms with Gasteiger partial charge in [0.25, 0.3) is 5.91 Å². The van der Waals surface area contributed by atoms with Crippen LogP contribution in [-0.4, -0.2) is 56.2 Å². The van der Waals surface area contributed by atoms with Crippen LogP contribution in [0, 0.1) is 0 Å². The molecule has 7 heteroatoms. The number of nitrogens with zero attached hydrogens (tertiary/aromatic N) is 1. The maximum Gasteiger partial charge on any atom is 0.260 e. The maximum absolute atomic E-state index is 12.2. The molecule has 1 aromatic carbocycles.